The summed E-state index contributed by atoms with van der Waals surface area (Å²) in [5.41, 5.74) is 4.87. The first-order valence-corrected chi connectivity index (χ1v) is 7.58. The molecule has 6 nitrogen and oxygen atoms in total. The molecule has 0 aliphatic carbocycles. The zero-order valence-corrected chi connectivity index (χ0v) is 12.3. The van der Waals surface area contributed by atoms with Gasteiger partial charge in [-0.15, -0.1) is 11.3 Å². The summed E-state index contributed by atoms with van der Waals surface area (Å²) in [5.74, 6) is -0.488. The predicted octanol–water partition coefficient (Wildman–Crippen LogP) is 0.193. The molecule has 0 saturated carbocycles. The molecule has 0 radical (unpaired) electrons. The van der Waals surface area contributed by atoms with Crippen molar-refractivity contribution in [1.29, 1.82) is 0 Å². The van der Waals surface area contributed by atoms with Crippen LogP contribution in [0.2, 0.25) is 0 Å². The van der Waals surface area contributed by atoms with Crippen molar-refractivity contribution in [2.45, 2.75) is 18.9 Å². The number of amides is 2. The number of carbonyl (C=O) groups is 2. The molecule has 2 heterocycles. The Balaban J connectivity index is 1.70. The average molecular weight is 296 g/mol. The number of carbonyl (C=O) groups excluding carboxylic acids is 2. The smallest absolute Gasteiger partial charge is 0.279 e. The minimum Gasteiger partial charge on any atom is -0.315 e. The molecule has 1 aliphatic heterocycles. The van der Waals surface area contributed by atoms with Crippen LogP contribution in [0.5, 0.6) is 0 Å². The number of piperidine rings is 1. The van der Waals surface area contributed by atoms with Crippen molar-refractivity contribution >= 4 is 23.2 Å². The van der Waals surface area contributed by atoms with Crippen LogP contribution in [0.3, 0.4) is 0 Å². The maximum atomic E-state index is 11.8. The summed E-state index contributed by atoms with van der Waals surface area (Å²) in [5, 5.41) is 5.14. The first-order chi connectivity index (χ1) is 9.66. The van der Waals surface area contributed by atoms with Crippen LogP contribution in [0, 0.1) is 0 Å². The van der Waals surface area contributed by atoms with Crippen LogP contribution in [0.1, 0.15) is 22.5 Å². The second-order valence-electron chi connectivity index (χ2n) is 4.89. The highest BCUT2D eigenvalue weighted by Gasteiger charge is 2.19. The molecule has 110 valence electrons. The summed E-state index contributed by atoms with van der Waals surface area (Å²) < 4.78 is 0. The lowest BCUT2D eigenvalue weighted by Gasteiger charge is -2.31. The lowest BCUT2D eigenvalue weighted by Crippen LogP contribution is -2.50. The van der Waals surface area contributed by atoms with E-state index in [-0.39, 0.29) is 18.4 Å². The topological polar surface area (TPSA) is 73.5 Å². The van der Waals surface area contributed by atoms with Crippen LogP contribution in [-0.2, 0) is 4.79 Å². The first kappa shape index (κ1) is 15.0. The number of rotatable bonds is 4. The average Bonchev–Trinajstić information content (AvgIpc) is 3.00. The fraction of sp³-hybridized carbons (Fsp3) is 0.538. The minimum absolute atomic E-state index is 0.206. The molecular weight excluding hydrogens is 276 g/mol. The predicted molar refractivity (Wildman–Crippen MR) is 78.4 cm³/mol. The first-order valence-electron chi connectivity index (χ1n) is 6.70. The molecule has 1 aliphatic rings. The summed E-state index contributed by atoms with van der Waals surface area (Å²) >= 11 is 1.34. The standard InChI is InChI=1S/C13H20N4O2S/c1-17(10-4-2-6-14-8-10)9-12(18)15-16-13(19)11-5-3-7-20-11/h3,5,7,10,14H,2,4,6,8-9H2,1H3,(H,15,18)(H,16,19). The number of hydrogen-bond donors (Lipinski definition) is 3. The molecule has 20 heavy (non-hydrogen) atoms. The van der Waals surface area contributed by atoms with Gasteiger partial charge in [-0.25, -0.2) is 0 Å². The van der Waals surface area contributed by atoms with E-state index in [2.05, 4.69) is 16.2 Å². The van der Waals surface area contributed by atoms with Gasteiger partial charge in [-0.3, -0.25) is 25.3 Å². The van der Waals surface area contributed by atoms with Crippen molar-refractivity contribution in [2.75, 3.05) is 26.7 Å². The van der Waals surface area contributed by atoms with E-state index in [4.69, 9.17) is 0 Å². The molecule has 2 rings (SSSR count). The highest BCUT2D eigenvalue weighted by molar-refractivity contribution is 7.12. The third-order valence-electron chi connectivity index (χ3n) is 3.35. The van der Waals surface area contributed by atoms with Crippen molar-refractivity contribution in [1.82, 2.24) is 21.1 Å². The molecule has 1 aromatic heterocycles. The van der Waals surface area contributed by atoms with Gasteiger partial charge in [-0.1, -0.05) is 6.07 Å². The lowest BCUT2D eigenvalue weighted by atomic mass is 10.1. The summed E-state index contributed by atoms with van der Waals surface area (Å²) in [6.45, 7) is 2.23. The van der Waals surface area contributed by atoms with E-state index in [1.165, 1.54) is 11.3 Å². The molecule has 1 unspecified atom stereocenters. The number of nitrogens with zero attached hydrogens (tertiary/aromatic N) is 1. The normalized spacial score (nSPS) is 18.8. The zero-order chi connectivity index (χ0) is 14.4. The monoisotopic (exact) mass is 296 g/mol. The Morgan fingerprint density at radius 1 is 1.50 bits per heavy atom. The van der Waals surface area contributed by atoms with E-state index in [0.717, 1.165) is 25.9 Å². The summed E-state index contributed by atoms with van der Waals surface area (Å²) in [7, 11) is 1.93. The number of hydrazine groups is 1. The highest BCUT2D eigenvalue weighted by Crippen LogP contribution is 2.08. The third kappa shape index (κ3) is 4.29. The van der Waals surface area contributed by atoms with Crippen LogP contribution in [-0.4, -0.2) is 49.4 Å². The van der Waals surface area contributed by atoms with Crippen molar-refractivity contribution in [3.8, 4) is 0 Å². The van der Waals surface area contributed by atoms with Crippen LogP contribution < -0.4 is 16.2 Å². The quantitative estimate of drug-likeness (QED) is 0.694. The van der Waals surface area contributed by atoms with Crippen molar-refractivity contribution in [2.24, 2.45) is 0 Å². The number of nitrogens with one attached hydrogen (secondary N) is 3. The molecule has 1 aromatic rings. The van der Waals surface area contributed by atoms with Crippen LogP contribution in [0.25, 0.3) is 0 Å². The molecule has 0 spiro atoms. The van der Waals surface area contributed by atoms with E-state index in [9.17, 15) is 9.59 Å². The minimum atomic E-state index is -0.282. The molecule has 0 bridgehead atoms. The number of hydrogen-bond acceptors (Lipinski definition) is 5. The van der Waals surface area contributed by atoms with Gasteiger partial charge in [0.15, 0.2) is 0 Å². The van der Waals surface area contributed by atoms with Crippen molar-refractivity contribution in [3.63, 3.8) is 0 Å². The molecule has 1 atom stereocenters. The van der Waals surface area contributed by atoms with E-state index >= 15 is 0 Å². The van der Waals surface area contributed by atoms with Gasteiger partial charge in [0.1, 0.15) is 0 Å². The maximum absolute atomic E-state index is 11.8. The van der Waals surface area contributed by atoms with Crippen LogP contribution in [0.15, 0.2) is 17.5 Å². The van der Waals surface area contributed by atoms with Gasteiger partial charge in [0.2, 0.25) is 0 Å². The van der Waals surface area contributed by atoms with Gasteiger partial charge in [0, 0.05) is 12.6 Å². The molecule has 1 saturated heterocycles. The van der Waals surface area contributed by atoms with E-state index in [1.54, 1.807) is 12.1 Å². The maximum Gasteiger partial charge on any atom is 0.279 e. The number of likely N-dealkylation sites (N-methyl/N-ethyl adjacent to an activating group) is 1. The van der Waals surface area contributed by atoms with Crippen LogP contribution in [0.4, 0.5) is 0 Å². The Hall–Kier alpha value is -1.44. The molecule has 1 fully saturated rings. The summed E-state index contributed by atoms with van der Waals surface area (Å²) in [4.78, 5) is 26.0. The van der Waals surface area contributed by atoms with E-state index in [0.29, 0.717) is 10.9 Å². The second kappa shape index (κ2) is 7.37. The van der Waals surface area contributed by atoms with Gasteiger partial charge in [-0.2, -0.15) is 0 Å². The largest absolute Gasteiger partial charge is 0.315 e. The molecule has 7 heteroatoms. The Kier molecular flexibility index (Phi) is 5.51. The second-order valence-corrected chi connectivity index (χ2v) is 5.84. The van der Waals surface area contributed by atoms with Gasteiger partial charge in [0.05, 0.1) is 11.4 Å². The SMILES string of the molecule is CN(CC(=O)NNC(=O)c1cccs1)C1CCCNC1. The van der Waals surface area contributed by atoms with Crippen molar-refractivity contribution < 1.29 is 9.59 Å². The molecule has 2 amide bonds. The Labute approximate surface area is 122 Å². The number of thiophene rings is 1. The van der Waals surface area contributed by atoms with Gasteiger partial charge < -0.3 is 5.32 Å². The molecule has 0 aromatic carbocycles. The Morgan fingerprint density at radius 2 is 2.35 bits per heavy atom. The van der Waals surface area contributed by atoms with Gasteiger partial charge >= 0.3 is 0 Å². The lowest BCUT2D eigenvalue weighted by molar-refractivity contribution is -0.123. The summed E-state index contributed by atoms with van der Waals surface area (Å²) in [6, 6.07) is 3.89. The van der Waals surface area contributed by atoms with Gasteiger partial charge in [-0.05, 0) is 37.9 Å². The van der Waals surface area contributed by atoms with Gasteiger partial charge in [0.25, 0.3) is 11.8 Å². The van der Waals surface area contributed by atoms with E-state index < -0.39 is 0 Å². The Bertz CT molecular complexity index is 443. The Morgan fingerprint density at radius 3 is 3.00 bits per heavy atom. The van der Waals surface area contributed by atoms with Crippen molar-refractivity contribution in [3.05, 3.63) is 22.4 Å². The molecule has 3 N–H and O–H groups in total. The zero-order valence-electron chi connectivity index (χ0n) is 11.5. The summed E-state index contributed by atoms with van der Waals surface area (Å²) in [6.07, 6.45) is 2.23. The van der Waals surface area contributed by atoms with Crippen LogP contribution >= 0.6 is 11.3 Å². The molecular formula is C13H20N4O2S. The fourth-order valence-electron chi connectivity index (χ4n) is 2.20. The third-order valence-corrected chi connectivity index (χ3v) is 4.22. The van der Waals surface area contributed by atoms with E-state index in [1.807, 2.05) is 17.3 Å². The highest BCUT2D eigenvalue weighted by atomic mass is 32.1. The fourth-order valence-corrected chi connectivity index (χ4v) is 2.82.